The summed E-state index contributed by atoms with van der Waals surface area (Å²) in [5.74, 6) is 1.05. The fourth-order valence-electron chi connectivity index (χ4n) is 8.27. The van der Waals surface area contributed by atoms with Crippen LogP contribution in [0.15, 0.2) is 11.6 Å². The van der Waals surface area contributed by atoms with Gasteiger partial charge in [-0.2, -0.15) is 13.2 Å². The number of fused-ring (bicyclic) bond motifs is 5. The first-order valence-corrected chi connectivity index (χ1v) is 12.6. The molecule has 4 aliphatic rings. The monoisotopic (exact) mass is 442 g/mol. The second-order valence-electron chi connectivity index (χ2n) is 11.8. The van der Waals surface area contributed by atoms with Crippen LogP contribution in [-0.4, -0.2) is 28.6 Å². The highest BCUT2D eigenvalue weighted by Gasteiger charge is 2.58. The maximum absolute atomic E-state index is 12.9. The van der Waals surface area contributed by atoms with E-state index < -0.39 is 18.2 Å². The van der Waals surface area contributed by atoms with E-state index in [1.165, 1.54) is 31.3 Å². The zero-order chi connectivity index (χ0) is 22.6. The Morgan fingerprint density at radius 2 is 1.84 bits per heavy atom. The Hall–Kier alpha value is -0.550. The van der Waals surface area contributed by atoms with Crippen LogP contribution in [0.3, 0.4) is 0 Å². The average molecular weight is 443 g/mol. The average Bonchev–Trinajstić information content (AvgIpc) is 3.03. The molecule has 3 fully saturated rings. The molecular formula is C26H41F3O2. The molecule has 178 valence electrons. The number of halogens is 3. The number of rotatable bonds is 5. The van der Waals surface area contributed by atoms with Gasteiger partial charge in [0, 0.05) is 0 Å². The third kappa shape index (κ3) is 4.11. The van der Waals surface area contributed by atoms with E-state index in [2.05, 4.69) is 19.9 Å². The van der Waals surface area contributed by atoms with E-state index in [4.69, 9.17) is 0 Å². The van der Waals surface area contributed by atoms with E-state index in [1.807, 2.05) is 0 Å². The highest BCUT2D eigenvalue weighted by molar-refractivity contribution is 5.25. The molecule has 0 aromatic carbocycles. The van der Waals surface area contributed by atoms with Gasteiger partial charge in [-0.25, -0.2) is 0 Å². The van der Waals surface area contributed by atoms with Crippen molar-refractivity contribution in [3.05, 3.63) is 11.6 Å². The van der Waals surface area contributed by atoms with Crippen LogP contribution >= 0.6 is 0 Å². The molecule has 0 spiro atoms. The first-order valence-electron chi connectivity index (χ1n) is 12.6. The molecule has 0 amide bonds. The van der Waals surface area contributed by atoms with E-state index in [0.717, 1.165) is 39.0 Å². The zero-order valence-corrected chi connectivity index (χ0v) is 19.4. The third-order valence-corrected chi connectivity index (χ3v) is 10.4. The number of alkyl halides is 3. The van der Waals surface area contributed by atoms with E-state index in [1.54, 1.807) is 0 Å². The molecular weight excluding hydrogens is 401 g/mol. The number of hydrogen-bond acceptors (Lipinski definition) is 2. The Labute approximate surface area is 185 Å². The molecule has 6 unspecified atom stereocenters. The normalized spacial score (nSPS) is 44.6. The van der Waals surface area contributed by atoms with Gasteiger partial charge in [-0.15, -0.1) is 0 Å². The van der Waals surface area contributed by atoms with Gasteiger partial charge in [0.2, 0.25) is 0 Å². The molecule has 0 aromatic heterocycles. The van der Waals surface area contributed by atoms with Crippen molar-refractivity contribution in [3.63, 3.8) is 0 Å². The smallest absolute Gasteiger partial charge is 0.393 e. The Morgan fingerprint density at radius 3 is 2.55 bits per heavy atom. The molecule has 2 nitrogen and oxygen atoms in total. The minimum atomic E-state index is -4.32. The molecule has 0 bridgehead atoms. The van der Waals surface area contributed by atoms with Crippen molar-refractivity contribution in [3.8, 4) is 0 Å². The Balaban J connectivity index is 1.39. The molecule has 31 heavy (non-hydrogen) atoms. The summed E-state index contributed by atoms with van der Waals surface area (Å²) in [5.41, 5.74) is 2.04. The summed E-state index contributed by atoms with van der Waals surface area (Å²) >= 11 is 0. The van der Waals surface area contributed by atoms with Crippen LogP contribution in [0.25, 0.3) is 0 Å². The molecule has 0 saturated heterocycles. The Bertz CT molecular complexity index is 689. The first kappa shape index (κ1) is 23.6. The molecule has 0 aromatic rings. The number of allylic oxidation sites excluding steroid dienone is 1. The highest BCUT2D eigenvalue weighted by Crippen LogP contribution is 2.66. The standard InChI is InChI=1S/C26H41F3O2/c1-16(26(27,28)29)23(31)6-4-5-17-8-10-21-20-9-7-18-15-19(30)11-13-25(18,3)22(20)12-14-24(17,21)2/h7,16-17,19-23,30-31H,4-6,8-15H2,1-3H3/t16-,17+,19?,20?,21?,22?,23-,24?,25?/m1/s1. The van der Waals surface area contributed by atoms with Gasteiger partial charge in [0.05, 0.1) is 18.1 Å². The zero-order valence-electron chi connectivity index (χ0n) is 19.4. The predicted octanol–water partition coefficient (Wildman–Crippen LogP) is 6.66. The second kappa shape index (κ2) is 8.34. The summed E-state index contributed by atoms with van der Waals surface area (Å²) in [6, 6.07) is 0. The fraction of sp³-hybridized carbons (Fsp3) is 0.923. The van der Waals surface area contributed by atoms with Crippen LogP contribution < -0.4 is 0 Å². The van der Waals surface area contributed by atoms with Crippen molar-refractivity contribution in [2.75, 3.05) is 0 Å². The SMILES string of the molecule is C[C@H]([C@H](O)CCC[C@H]1CCC2C3CC=C4CC(O)CCC4(C)C3CCC21C)C(F)(F)F. The summed E-state index contributed by atoms with van der Waals surface area (Å²) in [6.07, 6.45) is 7.44. The topological polar surface area (TPSA) is 40.5 Å². The van der Waals surface area contributed by atoms with Crippen molar-refractivity contribution in [2.24, 2.45) is 40.4 Å². The van der Waals surface area contributed by atoms with Crippen molar-refractivity contribution in [1.82, 2.24) is 0 Å². The van der Waals surface area contributed by atoms with Crippen molar-refractivity contribution < 1.29 is 23.4 Å². The Kier molecular flexibility index (Phi) is 6.35. The maximum Gasteiger partial charge on any atom is 0.394 e. The van der Waals surface area contributed by atoms with Crippen molar-refractivity contribution in [1.29, 1.82) is 0 Å². The van der Waals surface area contributed by atoms with Crippen LogP contribution in [0.1, 0.15) is 91.4 Å². The number of aliphatic hydroxyl groups is 2. The summed E-state index contributed by atoms with van der Waals surface area (Å²) in [4.78, 5) is 0. The van der Waals surface area contributed by atoms with Crippen LogP contribution in [-0.2, 0) is 0 Å². The quantitative estimate of drug-likeness (QED) is 0.468. The minimum Gasteiger partial charge on any atom is -0.393 e. The third-order valence-electron chi connectivity index (χ3n) is 10.4. The second-order valence-corrected chi connectivity index (χ2v) is 11.8. The van der Waals surface area contributed by atoms with E-state index in [-0.39, 0.29) is 23.4 Å². The van der Waals surface area contributed by atoms with Gasteiger partial charge in [0.15, 0.2) is 0 Å². The lowest BCUT2D eigenvalue weighted by atomic mass is 9.47. The van der Waals surface area contributed by atoms with Gasteiger partial charge in [-0.1, -0.05) is 38.8 Å². The number of hydrogen-bond donors (Lipinski definition) is 2. The van der Waals surface area contributed by atoms with Crippen LogP contribution in [0.2, 0.25) is 0 Å². The largest absolute Gasteiger partial charge is 0.394 e. The molecule has 9 atom stereocenters. The number of aliphatic hydroxyl groups excluding tert-OH is 2. The molecule has 5 heteroatoms. The molecule has 3 saturated carbocycles. The summed E-state index contributed by atoms with van der Waals surface area (Å²) in [5, 5.41) is 20.2. The van der Waals surface area contributed by atoms with Gasteiger partial charge >= 0.3 is 6.18 Å². The summed E-state index contributed by atoms with van der Waals surface area (Å²) < 4.78 is 38.6. The predicted molar refractivity (Wildman–Crippen MR) is 116 cm³/mol. The van der Waals surface area contributed by atoms with E-state index in [0.29, 0.717) is 30.1 Å². The van der Waals surface area contributed by atoms with Crippen LogP contribution in [0.5, 0.6) is 0 Å². The Morgan fingerprint density at radius 1 is 1.10 bits per heavy atom. The van der Waals surface area contributed by atoms with Gasteiger partial charge in [-0.05, 0) is 98.7 Å². The summed E-state index contributed by atoms with van der Waals surface area (Å²) in [7, 11) is 0. The molecule has 0 heterocycles. The van der Waals surface area contributed by atoms with Crippen molar-refractivity contribution in [2.45, 2.75) is 110 Å². The van der Waals surface area contributed by atoms with Crippen molar-refractivity contribution >= 4 is 0 Å². The lowest BCUT2D eigenvalue weighted by Crippen LogP contribution is -2.50. The highest BCUT2D eigenvalue weighted by atomic mass is 19.4. The van der Waals surface area contributed by atoms with E-state index in [9.17, 15) is 23.4 Å². The molecule has 0 radical (unpaired) electrons. The van der Waals surface area contributed by atoms with Gasteiger partial charge < -0.3 is 10.2 Å². The van der Waals surface area contributed by atoms with Crippen LogP contribution in [0.4, 0.5) is 13.2 Å². The fourth-order valence-corrected chi connectivity index (χ4v) is 8.27. The molecule has 2 N–H and O–H groups in total. The van der Waals surface area contributed by atoms with Gasteiger partial charge in [0.1, 0.15) is 0 Å². The van der Waals surface area contributed by atoms with E-state index >= 15 is 0 Å². The molecule has 4 aliphatic carbocycles. The lowest BCUT2D eigenvalue weighted by molar-refractivity contribution is -0.195. The van der Waals surface area contributed by atoms with Gasteiger partial charge in [-0.3, -0.25) is 0 Å². The molecule has 4 rings (SSSR count). The maximum atomic E-state index is 12.9. The lowest BCUT2D eigenvalue weighted by Gasteiger charge is -2.58. The molecule has 0 aliphatic heterocycles. The van der Waals surface area contributed by atoms with Crippen LogP contribution in [0, 0.1) is 40.4 Å². The first-order chi connectivity index (χ1) is 14.5. The minimum absolute atomic E-state index is 0.170. The van der Waals surface area contributed by atoms with Gasteiger partial charge in [0.25, 0.3) is 0 Å². The summed E-state index contributed by atoms with van der Waals surface area (Å²) in [6.45, 7) is 5.99.